The maximum atomic E-state index is 11.6. The Morgan fingerprint density at radius 1 is 1.17 bits per heavy atom. The number of halogens is 1. The van der Waals surface area contributed by atoms with Crippen LogP contribution in [0.25, 0.3) is 0 Å². The SMILES string of the molecule is CCCNC(=O)CNC(=NC)NCC1(c2ccccc2)CC1.I. The summed E-state index contributed by atoms with van der Waals surface area (Å²) >= 11 is 0. The van der Waals surface area contributed by atoms with Gasteiger partial charge >= 0.3 is 0 Å². The highest BCUT2D eigenvalue weighted by molar-refractivity contribution is 14.0. The molecule has 128 valence electrons. The van der Waals surface area contributed by atoms with Crippen LogP contribution in [-0.4, -0.2) is 38.5 Å². The van der Waals surface area contributed by atoms with E-state index in [0.29, 0.717) is 12.5 Å². The van der Waals surface area contributed by atoms with Crippen molar-refractivity contribution in [1.82, 2.24) is 16.0 Å². The van der Waals surface area contributed by atoms with Crippen LogP contribution in [0.2, 0.25) is 0 Å². The summed E-state index contributed by atoms with van der Waals surface area (Å²) in [7, 11) is 1.72. The van der Waals surface area contributed by atoms with E-state index in [1.165, 1.54) is 18.4 Å². The third-order valence-corrected chi connectivity index (χ3v) is 4.05. The van der Waals surface area contributed by atoms with Gasteiger partial charge in [-0.2, -0.15) is 0 Å². The van der Waals surface area contributed by atoms with Crippen molar-refractivity contribution in [3.05, 3.63) is 35.9 Å². The van der Waals surface area contributed by atoms with Crippen LogP contribution >= 0.6 is 24.0 Å². The van der Waals surface area contributed by atoms with Crippen LogP contribution in [0.4, 0.5) is 0 Å². The van der Waals surface area contributed by atoms with E-state index in [-0.39, 0.29) is 41.8 Å². The largest absolute Gasteiger partial charge is 0.356 e. The standard InChI is InChI=1S/C17H26N4O.HI/c1-3-11-19-15(22)12-20-16(18-2)21-13-17(9-10-17)14-7-5-4-6-8-14;/h4-8H,3,9-13H2,1-2H3,(H,19,22)(H2,18,20,21);1H. The predicted molar refractivity (Wildman–Crippen MR) is 105 cm³/mol. The molecular formula is C17H27IN4O. The van der Waals surface area contributed by atoms with Crippen LogP contribution < -0.4 is 16.0 Å². The Balaban J connectivity index is 0.00000264. The molecule has 6 heteroatoms. The van der Waals surface area contributed by atoms with E-state index in [2.05, 4.69) is 45.2 Å². The number of rotatable bonds is 7. The van der Waals surface area contributed by atoms with Gasteiger partial charge in [-0.15, -0.1) is 24.0 Å². The number of nitrogens with one attached hydrogen (secondary N) is 3. The molecule has 0 spiro atoms. The molecule has 3 N–H and O–H groups in total. The molecule has 0 heterocycles. The van der Waals surface area contributed by atoms with Crippen LogP contribution in [0.5, 0.6) is 0 Å². The van der Waals surface area contributed by atoms with Gasteiger partial charge in [0.05, 0.1) is 6.54 Å². The summed E-state index contributed by atoms with van der Waals surface area (Å²) in [5, 5.41) is 9.24. The molecule has 1 aromatic rings. The fourth-order valence-corrected chi connectivity index (χ4v) is 2.47. The molecule has 1 aliphatic carbocycles. The van der Waals surface area contributed by atoms with Gasteiger partial charge in [-0.1, -0.05) is 37.3 Å². The van der Waals surface area contributed by atoms with Gasteiger partial charge in [-0.25, -0.2) is 0 Å². The van der Waals surface area contributed by atoms with Crippen molar-refractivity contribution in [2.24, 2.45) is 4.99 Å². The molecule has 1 fully saturated rings. The van der Waals surface area contributed by atoms with Crippen molar-refractivity contribution >= 4 is 35.8 Å². The summed E-state index contributed by atoms with van der Waals surface area (Å²) in [4.78, 5) is 15.8. The summed E-state index contributed by atoms with van der Waals surface area (Å²) in [5.41, 5.74) is 1.60. The van der Waals surface area contributed by atoms with Gasteiger partial charge in [0.25, 0.3) is 0 Å². The summed E-state index contributed by atoms with van der Waals surface area (Å²) in [5.74, 6) is 0.669. The van der Waals surface area contributed by atoms with Gasteiger partial charge < -0.3 is 16.0 Å². The van der Waals surface area contributed by atoms with E-state index in [4.69, 9.17) is 0 Å². The number of guanidine groups is 1. The second-order valence-electron chi connectivity index (χ2n) is 5.78. The molecular weight excluding hydrogens is 403 g/mol. The smallest absolute Gasteiger partial charge is 0.239 e. The minimum absolute atomic E-state index is 0. The molecule has 0 saturated heterocycles. The first-order chi connectivity index (χ1) is 10.7. The van der Waals surface area contributed by atoms with Gasteiger partial charge in [0.1, 0.15) is 0 Å². The predicted octanol–water partition coefficient (Wildman–Crippen LogP) is 2.03. The van der Waals surface area contributed by atoms with Gasteiger partial charge in [0, 0.05) is 25.6 Å². The average molecular weight is 430 g/mol. The van der Waals surface area contributed by atoms with Gasteiger partial charge in [0.2, 0.25) is 5.91 Å². The number of benzene rings is 1. The Labute approximate surface area is 155 Å². The van der Waals surface area contributed by atoms with Crippen molar-refractivity contribution in [2.75, 3.05) is 26.7 Å². The Bertz CT molecular complexity index is 515. The second kappa shape index (κ2) is 9.75. The molecule has 23 heavy (non-hydrogen) atoms. The number of hydrogen-bond acceptors (Lipinski definition) is 2. The van der Waals surface area contributed by atoms with Crippen LogP contribution in [0.15, 0.2) is 35.3 Å². The fraction of sp³-hybridized carbons (Fsp3) is 0.529. The lowest BCUT2D eigenvalue weighted by atomic mass is 9.96. The van der Waals surface area contributed by atoms with Crippen molar-refractivity contribution in [3.8, 4) is 0 Å². The number of aliphatic imine (C=N–C) groups is 1. The Morgan fingerprint density at radius 2 is 1.87 bits per heavy atom. The van der Waals surface area contributed by atoms with Crippen LogP contribution in [-0.2, 0) is 10.2 Å². The van der Waals surface area contributed by atoms with Crippen LogP contribution in [0.1, 0.15) is 31.7 Å². The summed E-state index contributed by atoms with van der Waals surface area (Å²) in [6, 6.07) is 10.6. The lowest BCUT2D eigenvalue weighted by molar-refractivity contribution is -0.120. The maximum absolute atomic E-state index is 11.6. The lowest BCUT2D eigenvalue weighted by Crippen LogP contribution is -2.45. The van der Waals surface area contributed by atoms with Gasteiger partial charge in [-0.3, -0.25) is 9.79 Å². The van der Waals surface area contributed by atoms with Crippen molar-refractivity contribution < 1.29 is 4.79 Å². The molecule has 2 rings (SSSR count). The molecule has 5 nitrogen and oxygen atoms in total. The van der Waals surface area contributed by atoms with E-state index in [0.717, 1.165) is 13.0 Å². The minimum atomic E-state index is -0.00556. The third-order valence-electron chi connectivity index (χ3n) is 4.05. The van der Waals surface area contributed by atoms with E-state index in [1.54, 1.807) is 7.05 Å². The summed E-state index contributed by atoms with van der Waals surface area (Å²) < 4.78 is 0. The minimum Gasteiger partial charge on any atom is -0.356 e. The van der Waals surface area contributed by atoms with E-state index < -0.39 is 0 Å². The molecule has 0 aromatic heterocycles. The lowest BCUT2D eigenvalue weighted by Gasteiger charge is -2.19. The third kappa shape index (κ3) is 6.01. The normalized spacial score (nSPS) is 15.3. The Hall–Kier alpha value is -1.31. The van der Waals surface area contributed by atoms with Gasteiger partial charge in [-0.05, 0) is 24.8 Å². The molecule has 0 bridgehead atoms. The molecule has 1 amide bonds. The monoisotopic (exact) mass is 430 g/mol. The van der Waals surface area contributed by atoms with E-state index in [1.807, 2.05) is 13.0 Å². The first-order valence-corrected chi connectivity index (χ1v) is 7.97. The highest BCUT2D eigenvalue weighted by Crippen LogP contribution is 2.47. The zero-order valence-electron chi connectivity index (χ0n) is 13.9. The number of amides is 1. The Morgan fingerprint density at radius 3 is 2.43 bits per heavy atom. The number of hydrogen-bond donors (Lipinski definition) is 3. The van der Waals surface area contributed by atoms with E-state index in [9.17, 15) is 4.79 Å². The van der Waals surface area contributed by atoms with Crippen molar-refractivity contribution in [2.45, 2.75) is 31.6 Å². The second-order valence-corrected chi connectivity index (χ2v) is 5.78. The molecule has 1 aliphatic rings. The average Bonchev–Trinajstić information content (AvgIpc) is 3.35. The molecule has 0 radical (unpaired) electrons. The first-order valence-electron chi connectivity index (χ1n) is 7.97. The van der Waals surface area contributed by atoms with Crippen molar-refractivity contribution in [3.63, 3.8) is 0 Å². The van der Waals surface area contributed by atoms with Crippen molar-refractivity contribution in [1.29, 1.82) is 0 Å². The molecule has 0 atom stereocenters. The topological polar surface area (TPSA) is 65.5 Å². The zero-order chi connectivity index (χ0) is 15.8. The summed E-state index contributed by atoms with van der Waals surface area (Å²) in [6.45, 7) is 3.84. The zero-order valence-corrected chi connectivity index (χ0v) is 16.2. The van der Waals surface area contributed by atoms with Gasteiger partial charge in [0.15, 0.2) is 5.96 Å². The quantitative estimate of drug-likeness (QED) is 0.353. The first kappa shape index (κ1) is 19.7. The Kier molecular flexibility index (Phi) is 8.36. The van der Waals surface area contributed by atoms with E-state index >= 15 is 0 Å². The molecule has 0 unspecified atom stereocenters. The van der Waals surface area contributed by atoms with Crippen LogP contribution in [0, 0.1) is 0 Å². The summed E-state index contributed by atoms with van der Waals surface area (Å²) in [6.07, 6.45) is 3.33. The maximum Gasteiger partial charge on any atom is 0.239 e. The van der Waals surface area contributed by atoms with Crippen LogP contribution in [0.3, 0.4) is 0 Å². The molecule has 1 saturated carbocycles. The highest BCUT2D eigenvalue weighted by atomic mass is 127. The number of carbonyl (C=O) groups excluding carboxylic acids is 1. The molecule has 1 aromatic carbocycles. The number of nitrogens with zero attached hydrogens (tertiary/aromatic N) is 1. The number of carbonyl (C=O) groups is 1. The molecule has 0 aliphatic heterocycles. The highest BCUT2D eigenvalue weighted by Gasteiger charge is 2.43. The fourth-order valence-electron chi connectivity index (χ4n) is 2.47.